The van der Waals surface area contributed by atoms with Crippen LogP contribution in [0.25, 0.3) is 0 Å². The van der Waals surface area contributed by atoms with Crippen molar-refractivity contribution >= 4 is 10.0 Å². The second-order valence-electron chi connectivity index (χ2n) is 2.87. The van der Waals surface area contributed by atoms with E-state index in [0.717, 1.165) is 12.8 Å². The lowest BCUT2D eigenvalue weighted by molar-refractivity contribution is 0.463. The normalized spacial score (nSPS) is 17.8. The lowest BCUT2D eigenvalue weighted by atomic mass is 10.6. The quantitative estimate of drug-likeness (QED) is 0.599. The van der Waals surface area contributed by atoms with Crippen molar-refractivity contribution in [2.24, 2.45) is 0 Å². The summed E-state index contributed by atoms with van der Waals surface area (Å²) in [5, 5.41) is -0.147. The highest BCUT2D eigenvalue weighted by Gasteiger charge is 2.39. The summed E-state index contributed by atoms with van der Waals surface area (Å²) < 4.78 is 24.5. The Hall–Kier alpha value is -0.530. The first-order valence-corrected chi connectivity index (χ1v) is 5.55. The Morgan fingerprint density at radius 1 is 1.58 bits per heavy atom. The maximum Gasteiger partial charge on any atom is 0.217 e. The number of sulfonamides is 1. The van der Waals surface area contributed by atoms with Crippen LogP contribution in [0, 0.1) is 12.3 Å². The van der Waals surface area contributed by atoms with Crippen LogP contribution in [0.4, 0.5) is 0 Å². The average Bonchev–Trinajstić information content (AvgIpc) is 2.81. The van der Waals surface area contributed by atoms with Gasteiger partial charge in [0.1, 0.15) is 0 Å². The summed E-state index contributed by atoms with van der Waals surface area (Å²) in [6.45, 7) is 2.48. The zero-order chi connectivity index (χ0) is 9.19. The van der Waals surface area contributed by atoms with Gasteiger partial charge in [-0.1, -0.05) is 12.8 Å². The Kier molecular flexibility index (Phi) is 2.76. The van der Waals surface area contributed by atoms with Crippen LogP contribution >= 0.6 is 0 Å². The molecule has 0 saturated heterocycles. The highest BCUT2D eigenvalue weighted by Crippen LogP contribution is 2.30. The highest BCUT2D eigenvalue weighted by atomic mass is 32.2. The Labute approximate surface area is 73.8 Å². The third kappa shape index (κ3) is 1.79. The summed E-state index contributed by atoms with van der Waals surface area (Å²) in [6, 6.07) is 0. The molecule has 0 unspecified atom stereocenters. The van der Waals surface area contributed by atoms with Gasteiger partial charge >= 0.3 is 0 Å². The molecule has 0 aliphatic heterocycles. The first kappa shape index (κ1) is 9.56. The van der Waals surface area contributed by atoms with Crippen LogP contribution in [-0.2, 0) is 10.0 Å². The molecule has 3 nitrogen and oxygen atoms in total. The fourth-order valence-corrected chi connectivity index (χ4v) is 2.83. The van der Waals surface area contributed by atoms with Gasteiger partial charge in [-0.05, 0) is 12.8 Å². The third-order valence-corrected chi connectivity index (χ3v) is 4.35. The molecule has 1 aliphatic carbocycles. The lowest BCUT2D eigenvalue weighted by Gasteiger charge is -2.16. The summed E-state index contributed by atoms with van der Waals surface area (Å²) >= 11 is 0. The van der Waals surface area contributed by atoms with Crippen molar-refractivity contribution in [1.29, 1.82) is 0 Å². The minimum Gasteiger partial charge on any atom is -0.212 e. The van der Waals surface area contributed by atoms with Crippen LogP contribution in [0.15, 0.2) is 0 Å². The molecule has 68 valence electrons. The van der Waals surface area contributed by atoms with E-state index in [4.69, 9.17) is 6.42 Å². The fourth-order valence-electron chi connectivity index (χ4n) is 1.06. The minimum absolute atomic E-state index is 0.147. The standard InChI is InChI=1S/C8H13NO2S/c1-3-7-9(4-2)12(10,11)8-5-6-8/h1,8H,4-7H2,2H3. The van der Waals surface area contributed by atoms with Crippen molar-refractivity contribution in [2.75, 3.05) is 13.1 Å². The van der Waals surface area contributed by atoms with E-state index in [0.29, 0.717) is 6.54 Å². The monoisotopic (exact) mass is 187 g/mol. The molecule has 0 radical (unpaired) electrons. The van der Waals surface area contributed by atoms with E-state index in [1.165, 1.54) is 4.31 Å². The van der Waals surface area contributed by atoms with Crippen LogP contribution in [0.3, 0.4) is 0 Å². The molecule has 0 atom stereocenters. The van der Waals surface area contributed by atoms with Gasteiger partial charge in [0.25, 0.3) is 0 Å². The lowest BCUT2D eigenvalue weighted by Crippen LogP contribution is -2.33. The van der Waals surface area contributed by atoms with E-state index < -0.39 is 10.0 Å². The molecule has 1 rings (SSSR count). The maximum atomic E-state index is 11.5. The SMILES string of the molecule is C#CCN(CC)S(=O)(=O)C1CC1. The second kappa shape index (κ2) is 3.46. The molecule has 0 spiro atoms. The molecule has 4 heteroatoms. The Balaban J connectivity index is 2.70. The van der Waals surface area contributed by atoms with E-state index in [-0.39, 0.29) is 11.8 Å². The summed E-state index contributed by atoms with van der Waals surface area (Å²) in [5.74, 6) is 2.35. The predicted molar refractivity (Wildman–Crippen MR) is 48.0 cm³/mol. The van der Waals surface area contributed by atoms with Gasteiger partial charge in [-0.2, -0.15) is 4.31 Å². The molecular formula is C8H13NO2S. The van der Waals surface area contributed by atoms with E-state index in [1.54, 1.807) is 6.92 Å². The Morgan fingerprint density at radius 3 is 2.50 bits per heavy atom. The largest absolute Gasteiger partial charge is 0.217 e. The van der Waals surface area contributed by atoms with Crippen molar-refractivity contribution in [1.82, 2.24) is 4.31 Å². The van der Waals surface area contributed by atoms with Crippen molar-refractivity contribution in [3.63, 3.8) is 0 Å². The van der Waals surface area contributed by atoms with Crippen LogP contribution in [0.1, 0.15) is 19.8 Å². The summed E-state index contributed by atoms with van der Waals surface area (Å²) in [7, 11) is -3.05. The number of rotatable bonds is 4. The van der Waals surface area contributed by atoms with Crippen molar-refractivity contribution < 1.29 is 8.42 Å². The van der Waals surface area contributed by atoms with Gasteiger partial charge < -0.3 is 0 Å². The van der Waals surface area contributed by atoms with Crippen LogP contribution in [0.2, 0.25) is 0 Å². The van der Waals surface area contributed by atoms with Crippen LogP contribution < -0.4 is 0 Å². The average molecular weight is 187 g/mol. The molecule has 1 fully saturated rings. The van der Waals surface area contributed by atoms with Crippen molar-refractivity contribution in [2.45, 2.75) is 25.0 Å². The van der Waals surface area contributed by atoms with Gasteiger partial charge in [-0.3, -0.25) is 0 Å². The van der Waals surface area contributed by atoms with Crippen molar-refractivity contribution in [3.8, 4) is 12.3 Å². The number of hydrogen-bond acceptors (Lipinski definition) is 2. The van der Waals surface area contributed by atoms with Crippen LogP contribution in [0.5, 0.6) is 0 Å². The predicted octanol–water partition coefficient (Wildman–Crippen LogP) is 0.434. The van der Waals surface area contributed by atoms with Crippen LogP contribution in [-0.4, -0.2) is 31.1 Å². The molecule has 1 aliphatic rings. The Bertz CT molecular complexity index is 285. The molecule has 0 bridgehead atoms. The van der Waals surface area contributed by atoms with Gasteiger partial charge in [0.2, 0.25) is 10.0 Å². The fraction of sp³-hybridized carbons (Fsp3) is 0.750. The highest BCUT2D eigenvalue weighted by molar-refractivity contribution is 7.90. The molecule has 12 heavy (non-hydrogen) atoms. The van der Waals surface area contributed by atoms with E-state index in [1.807, 2.05) is 0 Å². The molecule has 0 amide bonds. The summed E-state index contributed by atoms with van der Waals surface area (Å²) in [6.07, 6.45) is 6.66. The van der Waals surface area contributed by atoms with Gasteiger partial charge in [0.15, 0.2) is 0 Å². The first-order valence-electron chi connectivity index (χ1n) is 4.05. The molecule has 0 aromatic heterocycles. The van der Waals surface area contributed by atoms with Gasteiger partial charge in [0, 0.05) is 6.54 Å². The minimum atomic E-state index is -3.05. The third-order valence-electron chi connectivity index (χ3n) is 1.93. The number of terminal acetylenes is 1. The van der Waals surface area contributed by atoms with Crippen molar-refractivity contribution in [3.05, 3.63) is 0 Å². The summed E-state index contributed by atoms with van der Waals surface area (Å²) in [4.78, 5) is 0. The van der Waals surface area contributed by atoms with E-state index in [9.17, 15) is 8.42 Å². The smallest absolute Gasteiger partial charge is 0.212 e. The molecule has 0 aromatic carbocycles. The van der Waals surface area contributed by atoms with Gasteiger partial charge in [0.05, 0.1) is 11.8 Å². The topological polar surface area (TPSA) is 37.4 Å². The zero-order valence-electron chi connectivity index (χ0n) is 7.16. The molecular weight excluding hydrogens is 174 g/mol. The molecule has 1 saturated carbocycles. The zero-order valence-corrected chi connectivity index (χ0v) is 7.97. The second-order valence-corrected chi connectivity index (χ2v) is 5.09. The van der Waals surface area contributed by atoms with E-state index in [2.05, 4.69) is 5.92 Å². The number of hydrogen-bond donors (Lipinski definition) is 0. The molecule has 0 N–H and O–H groups in total. The molecule has 0 heterocycles. The van der Waals surface area contributed by atoms with Gasteiger partial charge in [-0.25, -0.2) is 8.42 Å². The summed E-state index contributed by atoms with van der Waals surface area (Å²) in [5.41, 5.74) is 0. The number of nitrogens with zero attached hydrogens (tertiary/aromatic N) is 1. The molecule has 0 aromatic rings. The first-order chi connectivity index (χ1) is 5.62. The Morgan fingerprint density at radius 2 is 2.17 bits per heavy atom. The maximum absolute atomic E-state index is 11.5. The van der Waals surface area contributed by atoms with Gasteiger partial charge in [-0.15, -0.1) is 6.42 Å². The van der Waals surface area contributed by atoms with E-state index >= 15 is 0 Å².